The summed E-state index contributed by atoms with van der Waals surface area (Å²) in [6.45, 7) is 13.0. The molecule has 2 aliphatic rings. The lowest BCUT2D eigenvalue weighted by atomic mass is 9.90. The average molecular weight is 671 g/mol. The van der Waals surface area contributed by atoms with Crippen molar-refractivity contribution in [1.29, 1.82) is 5.26 Å². The Labute approximate surface area is 284 Å². The Morgan fingerprint density at radius 1 is 0.938 bits per heavy atom. The highest BCUT2D eigenvalue weighted by molar-refractivity contribution is 7.93. The second kappa shape index (κ2) is 14.4. The fourth-order valence-corrected chi connectivity index (χ4v) is 7.85. The first kappa shape index (κ1) is 34.9. The highest BCUT2D eigenvalue weighted by Gasteiger charge is 2.29. The minimum Gasteiger partial charge on any atom is -0.442 e. The first-order valence-corrected chi connectivity index (χ1v) is 18.5. The lowest BCUT2D eigenvalue weighted by molar-refractivity contribution is 0.0607. The molecule has 2 amide bonds. The number of aromatic nitrogens is 1. The largest absolute Gasteiger partial charge is 0.442 e. The van der Waals surface area contributed by atoms with Gasteiger partial charge in [0.2, 0.25) is 0 Å². The molecule has 0 aliphatic carbocycles. The monoisotopic (exact) mass is 670 g/mol. The number of rotatable bonds is 6. The number of ether oxygens (including phenoxy) is 1. The molecule has 0 bridgehead atoms. The molecule has 11 heteroatoms. The third-order valence-corrected chi connectivity index (χ3v) is 10.7. The molecule has 0 N–H and O–H groups in total. The molecule has 0 spiro atoms. The van der Waals surface area contributed by atoms with Crippen LogP contribution < -0.4 is 9.80 Å². The maximum atomic E-state index is 13.8. The number of carbonyl (C=O) groups excluding carboxylic acids is 2. The number of hydrogen-bond donors (Lipinski definition) is 0. The van der Waals surface area contributed by atoms with E-state index >= 15 is 0 Å². The highest BCUT2D eigenvalue weighted by Crippen LogP contribution is 2.30. The SMILES string of the molecule is Cc1cc(C)c(C(=O)N2CCN(c3ccccc3[S@@](C)(=O)=NC(=O)OC(C)(C)C)CC2)nc1CC1CCN(c2ccccc2C#N)CC1. The number of anilines is 2. The number of hydrogen-bond acceptors (Lipinski definition) is 8. The average Bonchev–Trinajstić information content (AvgIpc) is 3.05. The quantitative estimate of drug-likeness (QED) is 0.296. The zero-order valence-electron chi connectivity index (χ0n) is 28.9. The number of benzene rings is 2. The predicted molar refractivity (Wildman–Crippen MR) is 189 cm³/mol. The van der Waals surface area contributed by atoms with Gasteiger partial charge in [-0.2, -0.15) is 5.26 Å². The molecular weight excluding hydrogens is 625 g/mol. The molecule has 2 aromatic carbocycles. The summed E-state index contributed by atoms with van der Waals surface area (Å²) in [5.41, 5.74) is 5.13. The fourth-order valence-electron chi connectivity index (χ4n) is 6.52. The van der Waals surface area contributed by atoms with Gasteiger partial charge in [-0.3, -0.25) is 4.79 Å². The second-order valence-electron chi connectivity index (χ2n) is 13.8. The Morgan fingerprint density at radius 2 is 1.54 bits per heavy atom. The molecule has 2 aliphatic heterocycles. The topological polar surface area (TPSA) is 119 Å². The van der Waals surface area contributed by atoms with Crippen LogP contribution in [0.25, 0.3) is 0 Å². The van der Waals surface area contributed by atoms with Gasteiger partial charge >= 0.3 is 6.09 Å². The number of nitriles is 1. The lowest BCUT2D eigenvalue weighted by Gasteiger charge is -2.37. The summed E-state index contributed by atoms with van der Waals surface area (Å²) in [4.78, 5) is 37.9. The molecule has 0 saturated carbocycles. The van der Waals surface area contributed by atoms with Gasteiger partial charge in [-0.05, 0) is 95.2 Å². The van der Waals surface area contributed by atoms with Crippen LogP contribution in [0.1, 0.15) is 66.5 Å². The van der Waals surface area contributed by atoms with Crippen molar-refractivity contribution in [3.63, 3.8) is 0 Å². The Morgan fingerprint density at radius 3 is 2.19 bits per heavy atom. The minimum absolute atomic E-state index is 0.0798. The van der Waals surface area contributed by atoms with Crippen molar-refractivity contribution in [3.8, 4) is 6.07 Å². The van der Waals surface area contributed by atoms with Crippen LogP contribution in [0.15, 0.2) is 63.9 Å². The fraction of sp³-hybridized carbons (Fsp3) is 0.459. The molecule has 48 heavy (non-hydrogen) atoms. The van der Waals surface area contributed by atoms with Crippen molar-refractivity contribution in [2.75, 3.05) is 55.3 Å². The first-order chi connectivity index (χ1) is 22.8. The van der Waals surface area contributed by atoms with E-state index in [2.05, 4.69) is 33.2 Å². The molecular formula is C37H46N6O4S. The summed E-state index contributed by atoms with van der Waals surface area (Å²) in [6, 6.07) is 19.4. The molecule has 254 valence electrons. The summed E-state index contributed by atoms with van der Waals surface area (Å²) >= 11 is 0. The van der Waals surface area contributed by atoms with E-state index in [-0.39, 0.29) is 5.91 Å². The smallest absolute Gasteiger partial charge is 0.442 e. The first-order valence-electron chi connectivity index (χ1n) is 16.6. The number of piperazine rings is 1. The predicted octanol–water partition coefficient (Wildman–Crippen LogP) is 6.38. The molecule has 3 heterocycles. The van der Waals surface area contributed by atoms with E-state index in [1.807, 2.05) is 48.2 Å². The maximum Gasteiger partial charge on any atom is 0.442 e. The van der Waals surface area contributed by atoms with Gasteiger partial charge in [-0.15, -0.1) is 4.36 Å². The van der Waals surface area contributed by atoms with Gasteiger partial charge in [0.05, 0.1) is 31.6 Å². The molecule has 3 aromatic rings. The Hall–Kier alpha value is -4.43. The summed E-state index contributed by atoms with van der Waals surface area (Å²) < 4.78 is 22.9. The number of nitrogens with zero attached hydrogens (tertiary/aromatic N) is 6. The van der Waals surface area contributed by atoms with Crippen LogP contribution in [-0.2, 0) is 20.9 Å². The molecule has 10 nitrogen and oxygen atoms in total. The van der Waals surface area contributed by atoms with Crippen molar-refractivity contribution in [2.24, 2.45) is 10.3 Å². The molecule has 0 radical (unpaired) electrons. The van der Waals surface area contributed by atoms with Crippen molar-refractivity contribution in [3.05, 3.63) is 82.7 Å². The van der Waals surface area contributed by atoms with Gasteiger partial charge < -0.3 is 19.4 Å². The molecule has 5 rings (SSSR count). The van der Waals surface area contributed by atoms with Crippen molar-refractivity contribution < 1.29 is 18.5 Å². The van der Waals surface area contributed by atoms with Gasteiger partial charge in [0, 0.05) is 51.2 Å². The number of amides is 2. The summed E-state index contributed by atoms with van der Waals surface area (Å²) in [7, 11) is -3.08. The maximum absolute atomic E-state index is 13.8. The van der Waals surface area contributed by atoms with E-state index in [9.17, 15) is 19.1 Å². The third kappa shape index (κ3) is 8.16. The molecule has 1 aromatic heterocycles. The number of pyridine rings is 1. The normalized spacial score (nSPS) is 17.0. The summed E-state index contributed by atoms with van der Waals surface area (Å²) in [5.74, 6) is 0.371. The van der Waals surface area contributed by atoms with Crippen LogP contribution in [-0.4, -0.2) is 77.2 Å². The lowest BCUT2D eigenvalue weighted by Crippen LogP contribution is -2.49. The van der Waals surface area contributed by atoms with Crippen molar-refractivity contribution in [1.82, 2.24) is 9.88 Å². The van der Waals surface area contributed by atoms with E-state index in [1.54, 1.807) is 32.9 Å². The number of aryl methyl sites for hydroxylation is 2. The van der Waals surface area contributed by atoms with Gasteiger partial charge in [-0.25, -0.2) is 14.0 Å². The van der Waals surface area contributed by atoms with Crippen molar-refractivity contribution in [2.45, 2.75) is 64.4 Å². The Bertz CT molecular complexity index is 1840. The van der Waals surface area contributed by atoms with Crippen LogP contribution in [0.5, 0.6) is 0 Å². The van der Waals surface area contributed by atoms with Crippen LogP contribution >= 0.6 is 0 Å². The van der Waals surface area contributed by atoms with E-state index in [1.165, 1.54) is 6.26 Å². The Kier molecular flexibility index (Phi) is 10.4. The van der Waals surface area contributed by atoms with Gasteiger partial charge in [0.15, 0.2) is 0 Å². The molecule has 2 saturated heterocycles. The highest BCUT2D eigenvalue weighted by atomic mass is 32.2. The van der Waals surface area contributed by atoms with Crippen LogP contribution in [0, 0.1) is 31.1 Å². The zero-order valence-corrected chi connectivity index (χ0v) is 29.7. The number of carbonyl (C=O) groups is 2. The van der Waals surface area contributed by atoms with Gasteiger partial charge in [0.1, 0.15) is 17.4 Å². The number of para-hydroxylation sites is 2. The Balaban J connectivity index is 1.24. The second-order valence-corrected chi connectivity index (χ2v) is 16.0. The van der Waals surface area contributed by atoms with E-state index in [0.717, 1.165) is 60.5 Å². The standard InChI is InChI=1S/C37H46N6O4S/c1-26-23-27(2)34(39-30(26)24-28-15-17-41(18-16-28)31-12-8-7-11-29(31)25-38)35(44)43-21-19-42(20-22-43)32-13-9-10-14-33(32)48(6,46)40-36(45)47-37(3,4)5/h7-14,23,28H,15-22,24H2,1-6H3/t48-/m1/s1. The zero-order chi connectivity index (χ0) is 34.6. The van der Waals surface area contributed by atoms with E-state index < -0.39 is 21.4 Å². The molecule has 0 unspecified atom stereocenters. The van der Waals surface area contributed by atoms with Crippen LogP contribution in [0.4, 0.5) is 16.2 Å². The van der Waals surface area contributed by atoms with Crippen LogP contribution in [0.3, 0.4) is 0 Å². The molecule has 1 atom stereocenters. The van der Waals surface area contributed by atoms with E-state index in [0.29, 0.717) is 48.2 Å². The minimum atomic E-state index is -3.08. The van der Waals surface area contributed by atoms with Gasteiger partial charge in [-0.1, -0.05) is 30.3 Å². The van der Waals surface area contributed by atoms with Crippen LogP contribution in [0.2, 0.25) is 0 Å². The van der Waals surface area contributed by atoms with Crippen molar-refractivity contribution >= 4 is 33.1 Å². The number of piperidine rings is 1. The van der Waals surface area contributed by atoms with Gasteiger partial charge in [0.25, 0.3) is 5.91 Å². The summed E-state index contributed by atoms with van der Waals surface area (Å²) in [6.07, 6.45) is 3.41. The van der Waals surface area contributed by atoms with E-state index in [4.69, 9.17) is 9.72 Å². The third-order valence-electron chi connectivity index (χ3n) is 9.00. The molecule has 2 fully saturated rings. The summed E-state index contributed by atoms with van der Waals surface area (Å²) in [5, 5.41) is 9.53.